The first-order valence-electron chi connectivity index (χ1n) is 9.11. The first-order chi connectivity index (χ1) is 13.7. The Morgan fingerprint density at radius 1 is 1.07 bits per heavy atom. The summed E-state index contributed by atoms with van der Waals surface area (Å²) in [6.45, 7) is 4.41. The van der Waals surface area contributed by atoms with E-state index in [-0.39, 0.29) is 24.1 Å². The van der Waals surface area contributed by atoms with Crippen molar-refractivity contribution in [1.82, 2.24) is 10.1 Å². The van der Waals surface area contributed by atoms with Gasteiger partial charge in [-0.2, -0.15) is 18.2 Å². The van der Waals surface area contributed by atoms with Gasteiger partial charge in [-0.1, -0.05) is 23.4 Å². The number of amides is 1. The summed E-state index contributed by atoms with van der Waals surface area (Å²) in [5.41, 5.74) is 2.75. The number of carbonyl (C=O) groups is 1. The van der Waals surface area contributed by atoms with E-state index < -0.39 is 11.7 Å². The molecule has 0 saturated carbocycles. The maximum absolute atomic E-state index is 12.7. The molecule has 2 aromatic carbocycles. The standard InChI is InChI=1S/C21H18F3N3O2/c1-12-3-8-17(9-13(12)2)27-11-15(10-18(27)28)20-25-19(26-29-20)14-4-6-16(7-5-14)21(22,23)24/h3-9,15H,10-11H2,1-2H3. The van der Waals surface area contributed by atoms with E-state index in [2.05, 4.69) is 10.1 Å². The van der Waals surface area contributed by atoms with Crippen LogP contribution in [0.2, 0.25) is 0 Å². The molecule has 1 fully saturated rings. The molecule has 150 valence electrons. The Kier molecular flexibility index (Phi) is 4.64. The summed E-state index contributed by atoms with van der Waals surface area (Å²) in [7, 11) is 0. The van der Waals surface area contributed by atoms with Gasteiger partial charge in [-0.05, 0) is 49.2 Å². The first-order valence-corrected chi connectivity index (χ1v) is 9.11. The van der Waals surface area contributed by atoms with Crippen LogP contribution >= 0.6 is 0 Å². The number of hydrogen-bond acceptors (Lipinski definition) is 4. The molecule has 8 heteroatoms. The third-order valence-corrected chi connectivity index (χ3v) is 5.19. The van der Waals surface area contributed by atoms with Crippen LogP contribution in [0.3, 0.4) is 0 Å². The molecular formula is C21H18F3N3O2. The summed E-state index contributed by atoms with van der Waals surface area (Å²) in [6, 6.07) is 10.4. The van der Waals surface area contributed by atoms with Gasteiger partial charge in [0.05, 0.1) is 11.5 Å². The van der Waals surface area contributed by atoms with E-state index in [1.54, 1.807) is 4.90 Å². The number of nitrogens with zero attached hydrogens (tertiary/aromatic N) is 3. The lowest BCUT2D eigenvalue weighted by Crippen LogP contribution is -2.24. The molecular weight excluding hydrogens is 383 g/mol. The minimum atomic E-state index is -4.40. The predicted octanol–water partition coefficient (Wildman–Crippen LogP) is 4.89. The minimum absolute atomic E-state index is 0.0347. The van der Waals surface area contributed by atoms with Gasteiger partial charge in [0.2, 0.25) is 17.6 Å². The average molecular weight is 401 g/mol. The van der Waals surface area contributed by atoms with E-state index in [4.69, 9.17) is 4.52 Å². The third kappa shape index (κ3) is 3.74. The van der Waals surface area contributed by atoms with Gasteiger partial charge in [0.1, 0.15) is 0 Å². The fraction of sp³-hybridized carbons (Fsp3) is 0.286. The maximum Gasteiger partial charge on any atom is 0.416 e. The van der Waals surface area contributed by atoms with Crippen molar-refractivity contribution in [3.8, 4) is 11.4 Å². The largest absolute Gasteiger partial charge is 0.416 e. The topological polar surface area (TPSA) is 59.2 Å². The molecule has 0 aliphatic carbocycles. The van der Waals surface area contributed by atoms with E-state index in [1.807, 2.05) is 32.0 Å². The van der Waals surface area contributed by atoms with Crippen molar-refractivity contribution in [2.45, 2.75) is 32.4 Å². The number of halogens is 3. The molecule has 29 heavy (non-hydrogen) atoms. The van der Waals surface area contributed by atoms with Gasteiger partial charge < -0.3 is 9.42 Å². The molecule has 0 N–H and O–H groups in total. The maximum atomic E-state index is 12.7. The molecule has 1 unspecified atom stereocenters. The van der Waals surface area contributed by atoms with Crippen LogP contribution in [0.1, 0.15) is 34.9 Å². The molecule has 1 atom stereocenters. The van der Waals surface area contributed by atoms with Gasteiger partial charge in [-0.25, -0.2) is 0 Å². The molecule has 1 saturated heterocycles. The Morgan fingerprint density at radius 3 is 2.45 bits per heavy atom. The zero-order valence-corrected chi connectivity index (χ0v) is 15.8. The van der Waals surface area contributed by atoms with Crippen LogP contribution in [-0.4, -0.2) is 22.6 Å². The Morgan fingerprint density at radius 2 is 1.79 bits per heavy atom. The lowest BCUT2D eigenvalue weighted by Gasteiger charge is -2.17. The van der Waals surface area contributed by atoms with Crippen molar-refractivity contribution in [3.05, 3.63) is 65.0 Å². The van der Waals surface area contributed by atoms with E-state index in [0.29, 0.717) is 18.0 Å². The van der Waals surface area contributed by atoms with Crippen LogP contribution in [0, 0.1) is 13.8 Å². The van der Waals surface area contributed by atoms with Crippen molar-refractivity contribution < 1.29 is 22.5 Å². The van der Waals surface area contributed by atoms with E-state index in [0.717, 1.165) is 28.9 Å². The van der Waals surface area contributed by atoms with E-state index in [9.17, 15) is 18.0 Å². The number of aromatic nitrogens is 2. The first kappa shape index (κ1) is 19.2. The summed E-state index contributed by atoms with van der Waals surface area (Å²) in [5.74, 6) is 0.206. The highest BCUT2D eigenvalue weighted by atomic mass is 19.4. The van der Waals surface area contributed by atoms with Gasteiger partial charge >= 0.3 is 6.18 Å². The summed E-state index contributed by atoms with van der Waals surface area (Å²) in [4.78, 5) is 18.5. The summed E-state index contributed by atoms with van der Waals surface area (Å²) in [5, 5.41) is 3.87. The van der Waals surface area contributed by atoms with Gasteiger partial charge in [0.15, 0.2) is 0 Å². The molecule has 1 aliphatic heterocycles. The smallest absolute Gasteiger partial charge is 0.339 e. The minimum Gasteiger partial charge on any atom is -0.339 e. The number of anilines is 1. The van der Waals surface area contributed by atoms with E-state index >= 15 is 0 Å². The molecule has 3 aromatic rings. The molecule has 0 radical (unpaired) electrons. The lowest BCUT2D eigenvalue weighted by atomic mass is 10.1. The fourth-order valence-electron chi connectivity index (χ4n) is 3.34. The Bertz CT molecular complexity index is 1060. The monoisotopic (exact) mass is 401 g/mol. The highest BCUT2D eigenvalue weighted by molar-refractivity contribution is 5.96. The molecule has 5 nitrogen and oxygen atoms in total. The molecule has 0 spiro atoms. The van der Waals surface area contributed by atoms with Crippen LogP contribution in [0.25, 0.3) is 11.4 Å². The number of aryl methyl sites for hydroxylation is 2. The highest BCUT2D eigenvalue weighted by Gasteiger charge is 2.35. The van der Waals surface area contributed by atoms with E-state index in [1.165, 1.54) is 12.1 Å². The van der Waals surface area contributed by atoms with Gasteiger partial charge in [0, 0.05) is 24.2 Å². The second kappa shape index (κ2) is 7.02. The molecule has 1 aliphatic rings. The zero-order chi connectivity index (χ0) is 20.8. The van der Waals surface area contributed by atoms with Crippen molar-refractivity contribution in [2.75, 3.05) is 11.4 Å². The molecule has 4 rings (SSSR count). The lowest BCUT2D eigenvalue weighted by molar-refractivity contribution is -0.137. The molecule has 1 aromatic heterocycles. The van der Waals surface area contributed by atoms with Crippen molar-refractivity contribution in [1.29, 1.82) is 0 Å². The zero-order valence-electron chi connectivity index (χ0n) is 15.8. The average Bonchev–Trinajstić information content (AvgIpc) is 3.30. The normalized spacial score (nSPS) is 17.2. The van der Waals surface area contributed by atoms with Crippen LogP contribution < -0.4 is 4.90 Å². The van der Waals surface area contributed by atoms with Crippen LogP contribution in [0.4, 0.5) is 18.9 Å². The van der Waals surface area contributed by atoms with Crippen molar-refractivity contribution >= 4 is 11.6 Å². The molecule has 0 bridgehead atoms. The summed E-state index contributed by atoms with van der Waals surface area (Å²) < 4.78 is 43.4. The number of alkyl halides is 3. The predicted molar refractivity (Wildman–Crippen MR) is 100 cm³/mol. The molecule has 2 heterocycles. The second-order valence-corrected chi connectivity index (χ2v) is 7.21. The number of rotatable bonds is 3. The Balaban J connectivity index is 1.52. The fourth-order valence-corrected chi connectivity index (χ4v) is 3.34. The third-order valence-electron chi connectivity index (χ3n) is 5.19. The SMILES string of the molecule is Cc1ccc(N2CC(c3nc(-c4ccc(C(F)(F)F)cc4)no3)CC2=O)cc1C. The number of hydrogen-bond donors (Lipinski definition) is 0. The van der Waals surface area contributed by atoms with Gasteiger partial charge in [-0.15, -0.1) is 0 Å². The number of benzene rings is 2. The summed E-state index contributed by atoms with van der Waals surface area (Å²) in [6.07, 6.45) is -4.16. The molecule has 1 amide bonds. The summed E-state index contributed by atoms with van der Waals surface area (Å²) >= 11 is 0. The highest BCUT2D eigenvalue weighted by Crippen LogP contribution is 2.34. The quantitative estimate of drug-likeness (QED) is 0.627. The Labute approximate surface area is 165 Å². The number of carbonyl (C=O) groups excluding carboxylic acids is 1. The Hall–Kier alpha value is -3.16. The van der Waals surface area contributed by atoms with Crippen molar-refractivity contribution in [2.24, 2.45) is 0 Å². The van der Waals surface area contributed by atoms with Gasteiger partial charge in [-0.3, -0.25) is 4.79 Å². The van der Waals surface area contributed by atoms with Crippen LogP contribution in [0.5, 0.6) is 0 Å². The van der Waals surface area contributed by atoms with Gasteiger partial charge in [0.25, 0.3) is 0 Å². The van der Waals surface area contributed by atoms with Crippen molar-refractivity contribution in [3.63, 3.8) is 0 Å². The van der Waals surface area contributed by atoms with Crippen LogP contribution in [-0.2, 0) is 11.0 Å². The second-order valence-electron chi connectivity index (χ2n) is 7.21. The van der Waals surface area contributed by atoms with Crippen LogP contribution in [0.15, 0.2) is 47.0 Å².